The van der Waals surface area contributed by atoms with E-state index in [0.717, 1.165) is 0 Å². The van der Waals surface area contributed by atoms with Crippen LogP contribution in [0.15, 0.2) is 18.2 Å². The molecular formula is C14H18ClF2N5O. The van der Waals surface area contributed by atoms with Gasteiger partial charge >= 0.3 is 0 Å². The Balaban J connectivity index is 2.08. The fraction of sp³-hybridized carbons (Fsp3) is 0.500. The van der Waals surface area contributed by atoms with Crippen LogP contribution in [0.25, 0.3) is 0 Å². The second-order valence-corrected chi connectivity index (χ2v) is 6.25. The Labute approximate surface area is 137 Å². The van der Waals surface area contributed by atoms with Crippen LogP contribution in [0.1, 0.15) is 26.6 Å². The number of aromatic nitrogens is 4. The fourth-order valence-electron chi connectivity index (χ4n) is 1.71. The standard InChI is InChI=1S/C14H18ClF2N5O/c1-14(2,3)22-20-12(19-21-22)7-18-10-6-4-5-9(15)13(10)23-8-11(16)17/h4-6,11,18H,7-8H2,1-3H3. The van der Waals surface area contributed by atoms with Crippen molar-refractivity contribution in [3.63, 3.8) is 0 Å². The van der Waals surface area contributed by atoms with Gasteiger partial charge in [-0.3, -0.25) is 0 Å². The maximum Gasteiger partial charge on any atom is 0.272 e. The molecule has 2 aromatic rings. The first kappa shape index (κ1) is 17.4. The van der Waals surface area contributed by atoms with E-state index in [2.05, 4.69) is 20.7 Å². The predicted octanol–water partition coefficient (Wildman–Crippen LogP) is 3.34. The molecule has 2 rings (SSSR count). The van der Waals surface area contributed by atoms with Gasteiger partial charge in [-0.15, -0.1) is 10.2 Å². The van der Waals surface area contributed by atoms with Crippen LogP contribution in [-0.2, 0) is 12.1 Å². The molecule has 0 aliphatic rings. The van der Waals surface area contributed by atoms with Gasteiger partial charge < -0.3 is 10.1 Å². The van der Waals surface area contributed by atoms with Gasteiger partial charge in [0.1, 0.15) is 6.61 Å². The first-order chi connectivity index (χ1) is 10.8. The van der Waals surface area contributed by atoms with E-state index in [0.29, 0.717) is 11.5 Å². The second-order valence-electron chi connectivity index (χ2n) is 5.84. The third-order valence-corrected chi connectivity index (χ3v) is 3.11. The molecule has 1 aromatic heterocycles. The Morgan fingerprint density at radius 1 is 1.35 bits per heavy atom. The Hall–Kier alpha value is -1.96. The van der Waals surface area contributed by atoms with Gasteiger partial charge in [0.15, 0.2) is 11.6 Å². The van der Waals surface area contributed by atoms with E-state index in [9.17, 15) is 8.78 Å². The number of rotatable bonds is 6. The smallest absolute Gasteiger partial charge is 0.272 e. The van der Waals surface area contributed by atoms with Gasteiger partial charge in [-0.1, -0.05) is 17.7 Å². The number of nitrogens with one attached hydrogen (secondary N) is 1. The van der Waals surface area contributed by atoms with Gasteiger partial charge in [-0.05, 0) is 38.1 Å². The molecule has 0 aliphatic carbocycles. The average Bonchev–Trinajstić information content (AvgIpc) is 2.92. The van der Waals surface area contributed by atoms with Crippen LogP contribution in [0.3, 0.4) is 0 Å². The maximum atomic E-state index is 12.3. The van der Waals surface area contributed by atoms with Crippen molar-refractivity contribution in [2.75, 3.05) is 11.9 Å². The lowest BCUT2D eigenvalue weighted by Crippen LogP contribution is -2.24. The summed E-state index contributed by atoms with van der Waals surface area (Å²) in [5.41, 5.74) is 0.220. The number of para-hydroxylation sites is 1. The third kappa shape index (κ3) is 4.75. The number of nitrogens with zero attached hydrogens (tertiary/aromatic N) is 4. The van der Waals surface area contributed by atoms with E-state index in [1.165, 1.54) is 4.80 Å². The summed E-state index contributed by atoms with van der Waals surface area (Å²) >= 11 is 6.00. The monoisotopic (exact) mass is 345 g/mol. The summed E-state index contributed by atoms with van der Waals surface area (Å²) in [5.74, 6) is 0.650. The zero-order chi connectivity index (χ0) is 17.0. The highest BCUT2D eigenvalue weighted by molar-refractivity contribution is 6.32. The Morgan fingerprint density at radius 2 is 2.09 bits per heavy atom. The third-order valence-electron chi connectivity index (χ3n) is 2.81. The number of ether oxygens (including phenoxy) is 1. The van der Waals surface area contributed by atoms with Gasteiger partial charge in [0.2, 0.25) is 0 Å². The summed E-state index contributed by atoms with van der Waals surface area (Å²) in [6, 6.07) is 4.95. The van der Waals surface area contributed by atoms with Crippen LogP contribution >= 0.6 is 11.6 Å². The minimum Gasteiger partial charge on any atom is -0.484 e. The number of benzene rings is 1. The van der Waals surface area contributed by atoms with E-state index < -0.39 is 13.0 Å². The van der Waals surface area contributed by atoms with Crippen molar-refractivity contribution >= 4 is 17.3 Å². The van der Waals surface area contributed by atoms with E-state index in [-0.39, 0.29) is 22.9 Å². The lowest BCUT2D eigenvalue weighted by Gasteiger charge is -2.15. The molecule has 1 N–H and O–H groups in total. The van der Waals surface area contributed by atoms with Crippen molar-refractivity contribution in [3.05, 3.63) is 29.0 Å². The first-order valence-corrected chi connectivity index (χ1v) is 7.38. The number of hydrogen-bond acceptors (Lipinski definition) is 5. The summed E-state index contributed by atoms with van der Waals surface area (Å²) < 4.78 is 29.7. The topological polar surface area (TPSA) is 64.9 Å². The van der Waals surface area contributed by atoms with Crippen LogP contribution in [0.4, 0.5) is 14.5 Å². The molecule has 0 atom stereocenters. The largest absolute Gasteiger partial charge is 0.484 e. The van der Waals surface area contributed by atoms with Gasteiger partial charge in [0, 0.05) is 0 Å². The molecule has 23 heavy (non-hydrogen) atoms. The summed E-state index contributed by atoms with van der Waals surface area (Å²) in [6.07, 6.45) is -2.58. The van der Waals surface area contributed by atoms with Crippen LogP contribution in [-0.4, -0.2) is 33.2 Å². The Kier molecular flexibility index (Phi) is 5.35. The van der Waals surface area contributed by atoms with Gasteiger partial charge in [0.25, 0.3) is 6.43 Å². The molecule has 0 saturated heterocycles. The summed E-state index contributed by atoms with van der Waals surface area (Å²) in [6.45, 7) is 5.41. The lowest BCUT2D eigenvalue weighted by atomic mass is 10.1. The zero-order valence-corrected chi connectivity index (χ0v) is 13.8. The molecule has 0 radical (unpaired) electrons. The molecule has 1 aromatic carbocycles. The minimum absolute atomic E-state index is 0.178. The number of tetrazole rings is 1. The van der Waals surface area contributed by atoms with Crippen molar-refractivity contribution in [1.29, 1.82) is 0 Å². The fourth-order valence-corrected chi connectivity index (χ4v) is 1.94. The molecule has 1 heterocycles. The molecule has 6 nitrogen and oxygen atoms in total. The SMILES string of the molecule is CC(C)(C)n1nnc(CNc2cccc(Cl)c2OCC(F)F)n1. The first-order valence-electron chi connectivity index (χ1n) is 7.00. The van der Waals surface area contributed by atoms with Crippen molar-refractivity contribution in [3.8, 4) is 5.75 Å². The molecule has 0 saturated carbocycles. The van der Waals surface area contributed by atoms with Crippen molar-refractivity contribution in [1.82, 2.24) is 20.2 Å². The molecule has 126 valence electrons. The summed E-state index contributed by atoms with van der Waals surface area (Å²) in [5, 5.41) is 15.5. The molecule has 0 fully saturated rings. The Morgan fingerprint density at radius 3 is 2.70 bits per heavy atom. The van der Waals surface area contributed by atoms with Gasteiger partial charge in [-0.25, -0.2) is 8.78 Å². The molecule has 9 heteroatoms. The highest BCUT2D eigenvalue weighted by Gasteiger charge is 2.17. The lowest BCUT2D eigenvalue weighted by molar-refractivity contribution is 0.0823. The summed E-state index contributed by atoms with van der Waals surface area (Å²) in [4.78, 5) is 1.51. The van der Waals surface area contributed by atoms with Crippen molar-refractivity contribution in [2.24, 2.45) is 0 Å². The van der Waals surface area contributed by atoms with Gasteiger partial charge in [0.05, 0.1) is 22.8 Å². The number of alkyl halides is 2. The minimum atomic E-state index is -2.58. The number of halogens is 3. The molecule has 0 spiro atoms. The zero-order valence-electron chi connectivity index (χ0n) is 13.1. The van der Waals surface area contributed by atoms with Crippen LogP contribution in [0, 0.1) is 0 Å². The number of anilines is 1. The molecular weight excluding hydrogens is 328 g/mol. The highest BCUT2D eigenvalue weighted by atomic mass is 35.5. The second kappa shape index (κ2) is 7.08. The predicted molar refractivity (Wildman–Crippen MR) is 83.1 cm³/mol. The van der Waals surface area contributed by atoms with E-state index >= 15 is 0 Å². The maximum absolute atomic E-state index is 12.3. The molecule has 0 amide bonds. The van der Waals surface area contributed by atoms with Crippen LogP contribution in [0.2, 0.25) is 5.02 Å². The average molecular weight is 346 g/mol. The van der Waals surface area contributed by atoms with Crippen LogP contribution in [0.5, 0.6) is 5.75 Å². The highest BCUT2D eigenvalue weighted by Crippen LogP contribution is 2.33. The number of hydrogen-bond donors (Lipinski definition) is 1. The quantitative estimate of drug-likeness (QED) is 0.869. The molecule has 0 bridgehead atoms. The molecule has 0 unspecified atom stereocenters. The van der Waals surface area contributed by atoms with Crippen molar-refractivity contribution in [2.45, 2.75) is 39.3 Å². The van der Waals surface area contributed by atoms with E-state index in [4.69, 9.17) is 16.3 Å². The van der Waals surface area contributed by atoms with Crippen LogP contribution < -0.4 is 10.1 Å². The van der Waals surface area contributed by atoms with Crippen molar-refractivity contribution < 1.29 is 13.5 Å². The van der Waals surface area contributed by atoms with Gasteiger partial charge in [-0.2, -0.15) is 4.80 Å². The summed E-state index contributed by atoms with van der Waals surface area (Å²) in [7, 11) is 0. The Bertz CT molecular complexity index is 657. The van der Waals surface area contributed by atoms with E-state index in [1.807, 2.05) is 20.8 Å². The normalized spacial score (nSPS) is 11.8. The molecule has 0 aliphatic heterocycles. The van der Waals surface area contributed by atoms with E-state index in [1.54, 1.807) is 18.2 Å².